The summed E-state index contributed by atoms with van der Waals surface area (Å²) in [4.78, 5) is 48.3. The number of hydrogen-bond donors (Lipinski definition) is 3. The van der Waals surface area contributed by atoms with Gasteiger partial charge in [0.2, 0.25) is 0 Å². The normalized spacial score (nSPS) is 14.3. The topological polar surface area (TPSA) is 150 Å². The van der Waals surface area contributed by atoms with Gasteiger partial charge in [0.05, 0.1) is 22.5 Å². The van der Waals surface area contributed by atoms with Crippen molar-refractivity contribution < 1.29 is 22.8 Å². The third kappa shape index (κ3) is 8.17. The summed E-state index contributed by atoms with van der Waals surface area (Å²) in [6.07, 6.45) is 3.06. The van der Waals surface area contributed by atoms with Gasteiger partial charge in [-0.2, -0.15) is 0 Å². The molecule has 0 fully saturated rings. The largest absolute Gasteiger partial charge is 0.346 e. The lowest BCUT2D eigenvalue weighted by atomic mass is 10.2. The van der Waals surface area contributed by atoms with Crippen LogP contribution in [0.1, 0.15) is 20.4 Å². The van der Waals surface area contributed by atoms with Crippen molar-refractivity contribution in [3.8, 4) is 0 Å². The molecule has 0 saturated carbocycles. The summed E-state index contributed by atoms with van der Waals surface area (Å²) < 4.78 is 23.6. The number of rotatable bonds is 7. The Bertz CT molecular complexity index is 1160. The minimum Gasteiger partial charge on any atom is -0.346 e. The zero-order chi connectivity index (χ0) is 24.2. The van der Waals surface area contributed by atoms with Crippen molar-refractivity contribution in [2.75, 3.05) is 37.5 Å². The Kier molecular flexibility index (Phi) is 9.76. The molecule has 0 bridgehead atoms. The van der Waals surface area contributed by atoms with Gasteiger partial charge in [0.25, 0.3) is 5.91 Å². The minimum absolute atomic E-state index is 0. The van der Waals surface area contributed by atoms with Crippen LogP contribution in [0.2, 0.25) is 5.02 Å². The van der Waals surface area contributed by atoms with Gasteiger partial charge < -0.3 is 20.9 Å². The zero-order valence-electron chi connectivity index (χ0n) is 18.3. The van der Waals surface area contributed by atoms with E-state index in [4.69, 9.17) is 11.6 Å². The third-order valence-electron chi connectivity index (χ3n) is 4.64. The fourth-order valence-corrected chi connectivity index (χ4v) is 5.24. The van der Waals surface area contributed by atoms with E-state index in [-0.39, 0.29) is 29.8 Å². The smallest absolute Gasteiger partial charge is 0.314 e. The van der Waals surface area contributed by atoms with Crippen LogP contribution in [0.3, 0.4) is 0 Å². The lowest BCUT2D eigenvalue weighted by molar-refractivity contribution is -0.136. The molecule has 1 aliphatic rings. The molecule has 3 amide bonds. The number of nitrogens with zero attached hydrogens (tertiary/aromatic N) is 3. The Morgan fingerprint density at radius 3 is 2.65 bits per heavy atom. The second-order valence-electron chi connectivity index (χ2n) is 7.67. The average molecular weight is 551 g/mol. The van der Waals surface area contributed by atoms with Crippen LogP contribution in [0.4, 0.5) is 5.82 Å². The average Bonchev–Trinajstić information content (AvgIpc) is 3.15. The van der Waals surface area contributed by atoms with E-state index in [0.29, 0.717) is 11.6 Å². The number of anilines is 1. The maximum Gasteiger partial charge on any atom is 0.314 e. The van der Waals surface area contributed by atoms with Crippen LogP contribution in [0.5, 0.6) is 0 Å². The molecule has 186 valence electrons. The highest BCUT2D eigenvalue weighted by Gasteiger charge is 2.25. The Morgan fingerprint density at radius 1 is 1.26 bits per heavy atom. The van der Waals surface area contributed by atoms with Gasteiger partial charge >= 0.3 is 11.8 Å². The van der Waals surface area contributed by atoms with E-state index in [1.54, 1.807) is 0 Å². The first-order valence-corrected chi connectivity index (χ1v) is 13.1. The van der Waals surface area contributed by atoms with Crippen molar-refractivity contribution in [1.82, 2.24) is 25.5 Å². The van der Waals surface area contributed by atoms with Crippen molar-refractivity contribution in [3.63, 3.8) is 0 Å². The van der Waals surface area contributed by atoms with Gasteiger partial charge in [-0.25, -0.2) is 18.4 Å². The van der Waals surface area contributed by atoms with E-state index in [9.17, 15) is 22.8 Å². The summed E-state index contributed by atoms with van der Waals surface area (Å²) in [5.41, 5.74) is 0.865. The Morgan fingerprint density at radius 2 is 2.00 bits per heavy atom. The first kappa shape index (κ1) is 27.9. The van der Waals surface area contributed by atoms with E-state index in [1.807, 2.05) is 7.05 Å². The molecule has 11 nitrogen and oxygen atoms in total. The number of sulfone groups is 1. The fourth-order valence-electron chi connectivity index (χ4n) is 3.10. The van der Waals surface area contributed by atoms with Crippen LogP contribution >= 0.6 is 35.3 Å². The second-order valence-corrected chi connectivity index (χ2v) is 11.4. The van der Waals surface area contributed by atoms with Gasteiger partial charge in [0, 0.05) is 43.4 Å². The Balaban J connectivity index is 0.00000408. The van der Waals surface area contributed by atoms with Crippen LogP contribution in [0, 0.1) is 0 Å². The summed E-state index contributed by atoms with van der Waals surface area (Å²) in [5.74, 6) is -2.83. The highest BCUT2D eigenvalue weighted by molar-refractivity contribution is 7.90. The molecule has 3 rings (SSSR count). The zero-order valence-corrected chi connectivity index (χ0v) is 21.5. The maximum absolute atomic E-state index is 12.7. The number of carbonyl (C=O) groups is 3. The third-order valence-corrected chi connectivity index (χ3v) is 6.95. The molecule has 0 aliphatic carbocycles. The summed E-state index contributed by atoms with van der Waals surface area (Å²) in [6.45, 7) is 1.27. The van der Waals surface area contributed by atoms with Crippen molar-refractivity contribution in [1.29, 1.82) is 0 Å². The number of aromatic nitrogens is 2. The van der Waals surface area contributed by atoms with Gasteiger partial charge in [0.1, 0.15) is 15.7 Å². The maximum atomic E-state index is 12.7. The SMILES string of the molecule is CN1CCc2nc(C(=O)N[C@@H](CNC(=O)C(=O)Nc3ccc(Cl)cn3)CS(C)(=O)=O)sc2C1.Cl. The van der Waals surface area contributed by atoms with Crippen molar-refractivity contribution in [3.05, 3.63) is 38.9 Å². The van der Waals surface area contributed by atoms with Gasteiger partial charge in [-0.15, -0.1) is 23.7 Å². The molecule has 15 heteroatoms. The number of carbonyl (C=O) groups excluding carboxylic acids is 3. The first-order chi connectivity index (χ1) is 15.5. The molecule has 1 atom stereocenters. The van der Waals surface area contributed by atoms with Gasteiger partial charge in [-0.1, -0.05) is 11.6 Å². The van der Waals surface area contributed by atoms with Crippen molar-refractivity contribution >= 4 is 68.7 Å². The molecule has 1 aliphatic heterocycles. The van der Waals surface area contributed by atoms with E-state index < -0.39 is 39.4 Å². The number of halogens is 2. The lowest BCUT2D eigenvalue weighted by Crippen LogP contribution is -2.49. The molecular weight excluding hydrogens is 527 g/mol. The van der Waals surface area contributed by atoms with Gasteiger partial charge in [-0.05, 0) is 19.2 Å². The number of hydrogen-bond acceptors (Lipinski definition) is 9. The van der Waals surface area contributed by atoms with Crippen LogP contribution in [-0.2, 0) is 32.4 Å². The molecule has 0 saturated heterocycles. The summed E-state index contributed by atoms with van der Waals surface area (Å²) in [7, 11) is -1.52. The standard InChI is InChI=1S/C19H23ClN6O5S2.ClH/c1-26-6-5-13-14(9-26)32-19(24-13)18(29)23-12(10-33(2,30)31)8-22-16(27)17(28)25-15-4-3-11(20)7-21-15;/h3-4,7,12H,5-6,8-10H2,1-2H3,(H,22,27)(H,23,29)(H,21,25,28);1H/t12-;/m0./s1. The first-order valence-electron chi connectivity index (χ1n) is 9.86. The molecule has 0 aromatic carbocycles. The number of amides is 3. The van der Waals surface area contributed by atoms with Crippen LogP contribution in [0.15, 0.2) is 18.3 Å². The predicted octanol–water partition coefficient (Wildman–Crippen LogP) is 0.499. The molecule has 2 aromatic rings. The van der Waals surface area contributed by atoms with E-state index in [1.165, 1.54) is 29.7 Å². The highest BCUT2D eigenvalue weighted by Crippen LogP contribution is 2.24. The van der Waals surface area contributed by atoms with Gasteiger partial charge in [-0.3, -0.25) is 14.4 Å². The summed E-state index contributed by atoms with van der Waals surface area (Å²) in [5, 5.41) is 7.84. The number of pyridine rings is 1. The number of thiazole rings is 1. The molecule has 0 spiro atoms. The molecule has 0 radical (unpaired) electrons. The van der Waals surface area contributed by atoms with E-state index in [0.717, 1.165) is 29.8 Å². The van der Waals surface area contributed by atoms with E-state index >= 15 is 0 Å². The second kappa shape index (κ2) is 11.9. The van der Waals surface area contributed by atoms with E-state index in [2.05, 4.69) is 30.8 Å². The molecule has 0 unspecified atom stereocenters. The lowest BCUT2D eigenvalue weighted by Gasteiger charge is -2.20. The minimum atomic E-state index is -3.49. The number of likely N-dealkylation sites (N-methyl/N-ethyl adjacent to an activating group) is 1. The molecular formula is C19H24Cl2N6O5S2. The fraction of sp³-hybridized carbons (Fsp3) is 0.421. The molecule has 3 N–H and O–H groups in total. The Labute approximate surface area is 212 Å². The summed E-state index contributed by atoms with van der Waals surface area (Å²) >= 11 is 6.98. The van der Waals surface area contributed by atoms with Crippen molar-refractivity contribution in [2.24, 2.45) is 0 Å². The van der Waals surface area contributed by atoms with Crippen LogP contribution in [0.25, 0.3) is 0 Å². The molecule has 34 heavy (non-hydrogen) atoms. The number of nitrogens with one attached hydrogen (secondary N) is 3. The van der Waals surface area contributed by atoms with Crippen LogP contribution < -0.4 is 16.0 Å². The molecule has 3 heterocycles. The molecule has 2 aromatic heterocycles. The monoisotopic (exact) mass is 550 g/mol. The van der Waals surface area contributed by atoms with Crippen molar-refractivity contribution in [2.45, 2.75) is 19.0 Å². The highest BCUT2D eigenvalue weighted by atomic mass is 35.5. The predicted molar refractivity (Wildman–Crippen MR) is 131 cm³/mol. The van der Waals surface area contributed by atoms with Crippen LogP contribution in [-0.4, -0.2) is 79.2 Å². The van der Waals surface area contributed by atoms with Gasteiger partial charge in [0.15, 0.2) is 5.01 Å². The number of fused-ring (bicyclic) bond motifs is 1. The quantitative estimate of drug-likeness (QED) is 0.421. The Hall–Kier alpha value is -2.32. The summed E-state index contributed by atoms with van der Waals surface area (Å²) in [6, 6.07) is 1.96.